The Balaban J connectivity index is 2.32. The zero-order valence-corrected chi connectivity index (χ0v) is 11.9. The highest BCUT2D eigenvalue weighted by atomic mass is 32.1. The highest BCUT2D eigenvalue weighted by Gasteiger charge is 2.08. The molecular formula is C13H24N2S. The SMILES string of the molecule is CC(C)c1nc(CNCC(C)C(C)C)cs1. The van der Waals surface area contributed by atoms with Gasteiger partial charge in [-0.2, -0.15) is 0 Å². The van der Waals surface area contributed by atoms with Crippen molar-refractivity contribution in [1.82, 2.24) is 10.3 Å². The highest BCUT2D eigenvalue weighted by Crippen LogP contribution is 2.19. The van der Waals surface area contributed by atoms with Crippen LogP contribution in [-0.2, 0) is 6.54 Å². The fourth-order valence-corrected chi connectivity index (χ4v) is 2.17. The molecular weight excluding hydrogens is 216 g/mol. The first-order chi connectivity index (χ1) is 7.50. The van der Waals surface area contributed by atoms with Crippen LogP contribution in [0.25, 0.3) is 0 Å². The second-order valence-electron chi connectivity index (χ2n) is 5.18. The van der Waals surface area contributed by atoms with E-state index in [0.717, 1.165) is 24.9 Å². The normalized spacial score (nSPS) is 13.7. The van der Waals surface area contributed by atoms with Crippen LogP contribution in [0.1, 0.15) is 51.2 Å². The van der Waals surface area contributed by atoms with E-state index in [-0.39, 0.29) is 0 Å². The van der Waals surface area contributed by atoms with Gasteiger partial charge in [-0.15, -0.1) is 11.3 Å². The van der Waals surface area contributed by atoms with E-state index in [1.165, 1.54) is 10.7 Å². The molecule has 0 amide bonds. The van der Waals surface area contributed by atoms with E-state index in [1.807, 2.05) is 0 Å². The van der Waals surface area contributed by atoms with Crippen LogP contribution >= 0.6 is 11.3 Å². The van der Waals surface area contributed by atoms with Gasteiger partial charge in [-0.3, -0.25) is 0 Å². The number of thiazole rings is 1. The summed E-state index contributed by atoms with van der Waals surface area (Å²) < 4.78 is 0. The van der Waals surface area contributed by atoms with Crippen molar-refractivity contribution in [3.8, 4) is 0 Å². The molecule has 0 aliphatic rings. The van der Waals surface area contributed by atoms with Gasteiger partial charge >= 0.3 is 0 Å². The van der Waals surface area contributed by atoms with Crippen LogP contribution < -0.4 is 5.32 Å². The van der Waals surface area contributed by atoms with E-state index >= 15 is 0 Å². The summed E-state index contributed by atoms with van der Waals surface area (Å²) in [4.78, 5) is 4.61. The lowest BCUT2D eigenvalue weighted by Crippen LogP contribution is -2.23. The highest BCUT2D eigenvalue weighted by molar-refractivity contribution is 7.09. The summed E-state index contributed by atoms with van der Waals surface area (Å²) in [5.41, 5.74) is 1.18. The molecule has 0 aliphatic heterocycles. The van der Waals surface area contributed by atoms with Crippen molar-refractivity contribution in [2.75, 3.05) is 6.54 Å². The lowest BCUT2D eigenvalue weighted by Gasteiger charge is -2.15. The minimum atomic E-state index is 0.549. The third-order valence-electron chi connectivity index (χ3n) is 2.97. The van der Waals surface area contributed by atoms with Crippen LogP contribution in [0.4, 0.5) is 0 Å². The molecule has 0 aromatic carbocycles. The molecule has 1 N–H and O–H groups in total. The maximum atomic E-state index is 4.61. The fraction of sp³-hybridized carbons (Fsp3) is 0.769. The van der Waals surface area contributed by atoms with Crippen LogP contribution in [-0.4, -0.2) is 11.5 Å². The zero-order valence-electron chi connectivity index (χ0n) is 11.1. The molecule has 0 saturated heterocycles. The molecule has 16 heavy (non-hydrogen) atoms. The van der Waals surface area contributed by atoms with Gasteiger partial charge in [0, 0.05) is 17.8 Å². The Morgan fingerprint density at radius 3 is 2.44 bits per heavy atom. The molecule has 0 aliphatic carbocycles. The quantitative estimate of drug-likeness (QED) is 0.821. The lowest BCUT2D eigenvalue weighted by molar-refractivity contribution is 0.392. The number of hydrogen-bond acceptors (Lipinski definition) is 3. The van der Waals surface area contributed by atoms with Gasteiger partial charge in [0.1, 0.15) is 0 Å². The molecule has 1 heterocycles. The Labute approximate surface area is 103 Å². The Morgan fingerprint density at radius 2 is 1.94 bits per heavy atom. The van der Waals surface area contributed by atoms with E-state index in [1.54, 1.807) is 11.3 Å². The Hall–Kier alpha value is -0.410. The number of aromatic nitrogens is 1. The molecule has 92 valence electrons. The molecule has 1 aromatic heterocycles. The molecule has 3 heteroatoms. The van der Waals surface area contributed by atoms with E-state index in [0.29, 0.717) is 5.92 Å². The second kappa shape index (κ2) is 6.36. The van der Waals surface area contributed by atoms with Crippen LogP contribution in [0.15, 0.2) is 5.38 Å². The Morgan fingerprint density at radius 1 is 1.25 bits per heavy atom. The summed E-state index contributed by atoms with van der Waals surface area (Å²) in [5, 5.41) is 6.89. The summed E-state index contributed by atoms with van der Waals surface area (Å²) in [6.45, 7) is 13.2. The van der Waals surface area contributed by atoms with E-state index in [2.05, 4.69) is 50.3 Å². The van der Waals surface area contributed by atoms with Gasteiger partial charge in [0.25, 0.3) is 0 Å². The van der Waals surface area contributed by atoms with Crippen molar-refractivity contribution in [2.45, 2.75) is 47.1 Å². The third kappa shape index (κ3) is 4.22. The van der Waals surface area contributed by atoms with Gasteiger partial charge in [-0.1, -0.05) is 34.6 Å². The van der Waals surface area contributed by atoms with Gasteiger partial charge in [0.05, 0.1) is 10.7 Å². The molecule has 0 fully saturated rings. The maximum Gasteiger partial charge on any atom is 0.0954 e. The molecule has 0 bridgehead atoms. The first kappa shape index (κ1) is 13.7. The molecule has 1 rings (SSSR count). The van der Waals surface area contributed by atoms with Gasteiger partial charge in [-0.05, 0) is 18.4 Å². The minimum absolute atomic E-state index is 0.549. The monoisotopic (exact) mass is 240 g/mol. The molecule has 2 nitrogen and oxygen atoms in total. The predicted molar refractivity (Wildman–Crippen MR) is 71.9 cm³/mol. The first-order valence-corrected chi connectivity index (χ1v) is 7.03. The second-order valence-corrected chi connectivity index (χ2v) is 6.07. The van der Waals surface area contributed by atoms with E-state index in [9.17, 15) is 0 Å². The predicted octanol–water partition coefficient (Wildman–Crippen LogP) is 3.65. The molecule has 1 unspecified atom stereocenters. The largest absolute Gasteiger partial charge is 0.311 e. The number of nitrogens with zero attached hydrogens (tertiary/aromatic N) is 1. The molecule has 0 saturated carbocycles. The number of rotatable bonds is 6. The molecule has 0 spiro atoms. The fourth-order valence-electron chi connectivity index (χ4n) is 1.33. The average Bonchev–Trinajstić information content (AvgIpc) is 2.66. The van der Waals surface area contributed by atoms with Gasteiger partial charge in [-0.25, -0.2) is 4.98 Å². The Kier molecular flexibility index (Phi) is 5.42. The summed E-state index contributed by atoms with van der Waals surface area (Å²) in [6, 6.07) is 0. The van der Waals surface area contributed by atoms with Gasteiger partial charge < -0.3 is 5.32 Å². The van der Waals surface area contributed by atoms with E-state index in [4.69, 9.17) is 0 Å². The molecule has 0 radical (unpaired) electrons. The van der Waals surface area contributed by atoms with Crippen molar-refractivity contribution in [1.29, 1.82) is 0 Å². The topological polar surface area (TPSA) is 24.9 Å². The van der Waals surface area contributed by atoms with Crippen molar-refractivity contribution in [3.63, 3.8) is 0 Å². The van der Waals surface area contributed by atoms with Gasteiger partial charge in [0.15, 0.2) is 0 Å². The zero-order chi connectivity index (χ0) is 12.1. The van der Waals surface area contributed by atoms with Crippen LogP contribution in [0, 0.1) is 11.8 Å². The standard InChI is InChI=1S/C13H24N2S/c1-9(2)11(5)6-14-7-12-8-16-13(15-12)10(3)4/h8-11,14H,6-7H2,1-5H3. The molecule has 1 atom stereocenters. The summed E-state index contributed by atoms with van der Waals surface area (Å²) in [5.74, 6) is 2.02. The smallest absolute Gasteiger partial charge is 0.0954 e. The van der Waals surface area contributed by atoms with Crippen molar-refractivity contribution in [2.24, 2.45) is 11.8 Å². The van der Waals surface area contributed by atoms with Crippen LogP contribution in [0.3, 0.4) is 0 Å². The molecule has 1 aromatic rings. The summed E-state index contributed by atoms with van der Waals surface area (Å²) in [6.07, 6.45) is 0. The van der Waals surface area contributed by atoms with Crippen LogP contribution in [0.5, 0.6) is 0 Å². The van der Waals surface area contributed by atoms with Crippen molar-refractivity contribution < 1.29 is 0 Å². The third-order valence-corrected chi connectivity index (χ3v) is 4.17. The number of nitrogens with one attached hydrogen (secondary N) is 1. The van der Waals surface area contributed by atoms with Crippen molar-refractivity contribution >= 4 is 11.3 Å². The van der Waals surface area contributed by atoms with Crippen molar-refractivity contribution in [3.05, 3.63) is 16.1 Å². The van der Waals surface area contributed by atoms with E-state index < -0.39 is 0 Å². The minimum Gasteiger partial charge on any atom is -0.311 e. The summed E-state index contributed by atoms with van der Waals surface area (Å²) >= 11 is 1.77. The lowest BCUT2D eigenvalue weighted by atomic mass is 9.98. The summed E-state index contributed by atoms with van der Waals surface area (Å²) in [7, 11) is 0. The average molecular weight is 240 g/mol. The first-order valence-electron chi connectivity index (χ1n) is 6.15. The van der Waals surface area contributed by atoms with Gasteiger partial charge in [0.2, 0.25) is 0 Å². The Bertz CT molecular complexity index is 305. The maximum absolute atomic E-state index is 4.61. The van der Waals surface area contributed by atoms with Crippen LogP contribution in [0.2, 0.25) is 0 Å². The number of hydrogen-bond donors (Lipinski definition) is 1.